The fourth-order valence-electron chi connectivity index (χ4n) is 4.19. The van der Waals surface area contributed by atoms with Gasteiger partial charge < -0.3 is 28.8 Å². The van der Waals surface area contributed by atoms with Crippen LogP contribution in [0.4, 0.5) is 0 Å². The van der Waals surface area contributed by atoms with Crippen LogP contribution >= 0.6 is 0 Å². The monoisotopic (exact) mass is 530 g/mol. The summed E-state index contributed by atoms with van der Waals surface area (Å²) in [4.78, 5) is 13.7. The predicted molar refractivity (Wildman–Crippen MR) is 151 cm³/mol. The van der Waals surface area contributed by atoms with Gasteiger partial charge in [-0.25, -0.2) is 0 Å². The molecule has 0 atom stereocenters. The lowest BCUT2D eigenvalue weighted by Gasteiger charge is -2.14. The Hall–Kier alpha value is -5.69. The van der Waals surface area contributed by atoms with Gasteiger partial charge in [-0.1, -0.05) is 54.6 Å². The van der Waals surface area contributed by atoms with Crippen LogP contribution in [0.1, 0.15) is 0 Å². The highest BCUT2D eigenvalue weighted by Gasteiger charge is 2.23. The molecule has 0 spiro atoms. The molecule has 0 amide bonds. The molecule has 5 aromatic carbocycles. The number of ether oxygens (including phenoxy) is 3. The summed E-state index contributed by atoms with van der Waals surface area (Å²) in [7, 11) is 0. The van der Waals surface area contributed by atoms with E-state index in [9.17, 15) is 15.0 Å². The van der Waals surface area contributed by atoms with Crippen LogP contribution < -0.4 is 19.6 Å². The zero-order valence-corrected chi connectivity index (χ0v) is 21.0. The van der Waals surface area contributed by atoms with Crippen molar-refractivity contribution in [1.29, 1.82) is 0 Å². The van der Waals surface area contributed by atoms with E-state index in [1.54, 1.807) is 60.7 Å². The molecule has 1 aromatic heterocycles. The van der Waals surface area contributed by atoms with Crippen LogP contribution in [0.3, 0.4) is 0 Å². The van der Waals surface area contributed by atoms with E-state index in [1.807, 2.05) is 42.5 Å². The minimum atomic E-state index is -0.590. The van der Waals surface area contributed by atoms with E-state index >= 15 is 0 Å². The second kappa shape index (κ2) is 10.6. The maximum atomic E-state index is 13.7. The topological polar surface area (TPSA) is 98.4 Å². The van der Waals surface area contributed by atoms with Gasteiger partial charge in [0.2, 0.25) is 11.2 Å². The number of aromatic hydroxyl groups is 2. The first-order chi connectivity index (χ1) is 19.5. The standard InChI is InChI=1S/C33H22O7/c34-26-18-21(16-17-28(26)38-23-12-6-2-7-13-23)32-33(39-24-14-8-3-9-15-24)31(36)30-27(35)19-25(20-29(30)40-32)37-22-10-4-1-5-11-22/h1-20,34-35H. The van der Waals surface area contributed by atoms with Crippen molar-refractivity contribution in [3.8, 4) is 57.3 Å². The molecular weight excluding hydrogens is 508 g/mol. The van der Waals surface area contributed by atoms with Crippen LogP contribution in [0.5, 0.6) is 46.0 Å². The minimum absolute atomic E-state index is 0.0548. The van der Waals surface area contributed by atoms with Gasteiger partial charge in [-0.2, -0.15) is 0 Å². The number of hydrogen-bond donors (Lipinski definition) is 2. The lowest BCUT2D eigenvalue weighted by atomic mass is 10.1. The molecule has 6 aromatic rings. The van der Waals surface area contributed by atoms with Crippen LogP contribution in [0.15, 0.2) is 131 Å². The number of phenols is 2. The van der Waals surface area contributed by atoms with E-state index in [0.29, 0.717) is 22.8 Å². The van der Waals surface area contributed by atoms with Crippen molar-refractivity contribution >= 4 is 11.0 Å². The van der Waals surface area contributed by atoms with E-state index in [0.717, 1.165) is 0 Å². The highest BCUT2D eigenvalue weighted by Crippen LogP contribution is 2.41. The third kappa shape index (κ3) is 5.04. The molecule has 0 saturated heterocycles. The Morgan fingerprint density at radius 2 is 1.12 bits per heavy atom. The van der Waals surface area contributed by atoms with Gasteiger partial charge in [0.15, 0.2) is 17.3 Å². The first-order valence-corrected chi connectivity index (χ1v) is 12.4. The van der Waals surface area contributed by atoms with Crippen molar-refractivity contribution in [3.63, 3.8) is 0 Å². The smallest absolute Gasteiger partial charge is 0.239 e. The first kappa shape index (κ1) is 24.6. The van der Waals surface area contributed by atoms with Crippen molar-refractivity contribution in [2.75, 3.05) is 0 Å². The molecule has 0 saturated carbocycles. The molecule has 0 bridgehead atoms. The third-order valence-corrected chi connectivity index (χ3v) is 6.04. The first-order valence-electron chi connectivity index (χ1n) is 12.4. The van der Waals surface area contributed by atoms with Gasteiger partial charge in [0.25, 0.3) is 0 Å². The summed E-state index contributed by atoms with van der Waals surface area (Å²) >= 11 is 0. The number of rotatable bonds is 7. The van der Waals surface area contributed by atoms with Crippen molar-refractivity contribution in [2.24, 2.45) is 0 Å². The average Bonchev–Trinajstić information content (AvgIpc) is 2.97. The SMILES string of the molecule is O=c1c(Oc2ccccc2)c(-c2ccc(Oc3ccccc3)c(O)c2)oc2cc(Oc3ccccc3)cc(O)c12. The van der Waals surface area contributed by atoms with E-state index in [-0.39, 0.29) is 45.5 Å². The van der Waals surface area contributed by atoms with Crippen molar-refractivity contribution in [2.45, 2.75) is 0 Å². The van der Waals surface area contributed by atoms with Gasteiger partial charge in [-0.15, -0.1) is 0 Å². The Labute approximate surface area is 228 Å². The van der Waals surface area contributed by atoms with E-state index in [2.05, 4.69) is 0 Å². The van der Waals surface area contributed by atoms with Gasteiger partial charge in [-0.05, 0) is 54.6 Å². The largest absolute Gasteiger partial charge is 0.507 e. The van der Waals surface area contributed by atoms with Crippen molar-refractivity contribution < 1.29 is 28.8 Å². The predicted octanol–water partition coefficient (Wildman–Crippen LogP) is 8.25. The minimum Gasteiger partial charge on any atom is -0.507 e. The maximum absolute atomic E-state index is 13.7. The molecule has 0 aliphatic carbocycles. The second-order valence-corrected chi connectivity index (χ2v) is 8.83. The Kier molecular flexibility index (Phi) is 6.52. The summed E-state index contributed by atoms with van der Waals surface area (Å²) in [5.74, 6) is 1.41. The van der Waals surface area contributed by atoms with E-state index in [1.165, 1.54) is 18.2 Å². The zero-order chi connectivity index (χ0) is 27.5. The van der Waals surface area contributed by atoms with Gasteiger partial charge in [0, 0.05) is 17.7 Å². The summed E-state index contributed by atoms with van der Waals surface area (Å²) < 4.78 is 23.8. The lowest BCUT2D eigenvalue weighted by molar-refractivity contribution is 0.411. The Balaban J connectivity index is 1.48. The van der Waals surface area contributed by atoms with Gasteiger partial charge >= 0.3 is 0 Å². The Bertz CT molecular complexity index is 1850. The van der Waals surface area contributed by atoms with Crippen LogP contribution in [-0.2, 0) is 0 Å². The second-order valence-electron chi connectivity index (χ2n) is 8.83. The van der Waals surface area contributed by atoms with Crippen LogP contribution in [0.2, 0.25) is 0 Å². The van der Waals surface area contributed by atoms with Crippen LogP contribution in [0, 0.1) is 0 Å². The molecule has 6 rings (SSSR count). The number of phenolic OH excluding ortho intramolecular Hbond substituents is 2. The van der Waals surface area contributed by atoms with Crippen molar-refractivity contribution in [1.82, 2.24) is 0 Å². The molecule has 0 radical (unpaired) electrons. The Morgan fingerprint density at radius 3 is 1.73 bits per heavy atom. The normalized spacial score (nSPS) is 10.8. The molecule has 0 aliphatic rings. The van der Waals surface area contributed by atoms with Gasteiger partial charge in [0.1, 0.15) is 39.7 Å². The highest BCUT2D eigenvalue weighted by molar-refractivity contribution is 5.88. The molecule has 2 N–H and O–H groups in total. The molecule has 0 unspecified atom stereocenters. The van der Waals surface area contributed by atoms with Crippen LogP contribution in [-0.4, -0.2) is 10.2 Å². The molecule has 7 nitrogen and oxygen atoms in total. The Morgan fingerprint density at radius 1 is 0.550 bits per heavy atom. The molecule has 40 heavy (non-hydrogen) atoms. The fourth-order valence-corrected chi connectivity index (χ4v) is 4.19. The maximum Gasteiger partial charge on any atom is 0.239 e. The number of fused-ring (bicyclic) bond motifs is 1. The molecule has 0 fully saturated rings. The van der Waals surface area contributed by atoms with E-state index < -0.39 is 5.43 Å². The third-order valence-electron chi connectivity index (χ3n) is 6.04. The molecule has 7 heteroatoms. The summed E-state index contributed by atoms with van der Waals surface area (Å²) in [6.07, 6.45) is 0. The lowest BCUT2D eigenvalue weighted by Crippen LogP contribution is -2.08. The summed E-state index contributed by atoms with van der Waals surface area (Å²) in [6, 6.07) is 34.3. The molecule has 196 valence electrons. The summed E-state index contributed by atoms with van der Waals surface area (Å²) in [5.41, 5.74) is -0.153. The van der Waals surface area contributed by atoms with Crippen molar-refractivity contribution in [3.05, 3.63) is 132 Å². The quantitative estimate of drug-likeness (QED) is 0.214. The molecular formula is C33H22O7. The highest BCUT2D eigenvalue weighted by atomic mass is 16.5. The summed E-state index contributed by atoms with van der Waals surface area (Å²) in [6.45, 7) is 0. The fraction of sp³-hybridized carbons (Fsp3) is 0. The van der Waals surface area contributed by atoms with Gasteiger partial charge in [-0.3, -0.25) is 4.79 Å². The summed E-state index contributed by atoms with van der Waals surface area (Å²) in [5, 5.41) is 21.5. The number of para-hydroxylation sites is 3. The average molecular weight is 531 g/mol. The van der Waals surface area contributed by atoms with E-state index in [4.69, 9.17) is 18.6 Å². The number of hydrogen-bond acceptors (Lipinski definition) is 7. The van der Waals surface area contributed by atoms with Crippen LogP contribution in [0.25, 0.3) is 22.3 Å². The zero-order valence-electron chi connectivity index (χ0n) is 21.0. The van der Waals surface area contributed by atoms with Gasteiger partial charge in [0.05, 0.1) is 0 Å². The molecule has 1 heterocycles. The molecule has 0 aliphatic heterocycles. The number of benzene rings is 5.